The number of para-hydroxylation sites is 1. The Kier molecular flexibility index (Phi) is 5.83. The summed E-state index contributed by atoms with van der Waals surface area (Å²) >= 11 is 6.94. The van der Waals surface area contributed by atoms with Crippen molar-refractivity contribution in [1.29, 1.82) is 0 Å². The van der Waals surface area contributed by atoms with Crippen LogP contribution in [0, 0.1) is 6.92 Å². The normalized spacial score (nSPS) is 15.2. The molecule has 0 saturated carbocycles. The molecule has 0 aliphatic carbocycles. The van der Waals surface area contributed by atoms with Crippen molar-refractivity contribution in [3.8, 4) is 0 Å². The highest BCUT2D eigenvalue weighted by molar-refractivity contribution is 8.18. The van der Waals surface area contributed by atoms with Crippen LogP contribution in [-0.4, -0.2) is 20.6 Å². The highest BCUT2D eigenvalue weighted by atomic mass is 35.5. The highest BCUT2D eigenvalue weighted by Gasteiger charge is 2.35. The molecule has 0 N–H and O–H groups in total. The van der Waals surface area contributed by atoms with E-state index in [-0.39, 0.29) is 17.7 Å². The van der Waals surface area contributed by atoms with Crippen LogP contribution in [0.2, 0.25) is 5.02 Å². The van der Waals surface area contributed by atoms with Gasteiger partial charge in [0.1, 0.15) is 0 Å². The first kappa shape index (κ1) is 21.6. The summed E-state index contributed by atoms with van der Waals surface area (Å²) in [6.07, 6.45) is 1.87. The molecule has 6 heteroatoms. The van der Waals surface area contributed by atoms with E-state index < -0.39 is 0 Å². The number of hydrogen-bond donors (Lipinski definition) is 0. The van der Waals surface area contributed by atoms with E-state index in [9.17, 15) is 9.59 Å². The minimum atomic E-state index is -0.265. The zero-order chi connectivity index (χ0) is 22.9. The molecular weight excluding hydrogens is 452 g/mol. The number of aromatic nitrogens is 1. The molecule has 4 nitrogen and oxygen atoms in total. The molecule has 33 heavy (non-hydrogen) atoms. The summed E-state index contributed by atoms with van der Waals surface area (Å²) < 4.78 is 2.26. The van der Waals surface area contributed by atoms with Crippen LogP contribution in [0.15, 0.2) is 83.8 Å². The number of halogens is 1. The Hall–Kier alpha value is -3.28. The lowest BCUT2D eigenvalue weighted by atomic mass is 10.1. The molecule has 0 radical (unpaired) electrons. The number of imide groups is 1. The quantitative estimate of drug-likeness (QED) is 0.297. The fraction of sp³-hybridized carbons (Fsp3) is 0.111. The number of rotatable bonds is 5. The minimum Gasteiger partial charge on any atom is -0.340 e. The van der Waals surface area contributed by atoms with Crippen LogP contribution < -0.4 is 0 Å². The fourth-order valence-electron chi connectivity index (χ4n) is 4.15. The van der Waals surface area contributed by atoms with Crippen LogP contribution in [0.25, 0.3) is 17.0 Å². The van der Waals surface area contributed by atoms with Crippen LogP contribution in [0.3, 0.4) is 0 Å². The predicted molar refractivity (Wildman–Crippen MR) is 135 cm³/mol. The maximum Gasteiger partial charge on any atom is 0.293 e. The largest absolute Gasteiger partial charge is 0.340 e. The SMILES string of the molecule is Cc1c(/C=C2\SC(=O)N(Cc3ccc(Cl)cc3)C2=O)c2ccccc2n1Cc1ccccc1. The van der Waals surface area contributed by atoms with E-state index >= 15 is 0 Å². The first-order valence-corrected chi connectivity index (χ1v) is 11.8. The molecule has 4 aromatic rings. The van der Waals surface area contributed by atoms with Crippen molar-refractivity contribution in [2.75, 3.05) is 0 Å². The lowest BCUT2D eigenvalue weighted by Gasteiger charge is -2.12. The zero-order valence-electron chi connectivity index (χ0n) is 18.0. The van der Waals surface area contributed by atoms with E-state index in [1.54, 1.807) is 12.1 Å². The topological polar surface area (TPSA) is 42.3 Å². The molecule has 0 unspecified atom stereocenters. The second-order valence-electron chi connectivity index (χ2n) is 7.98. The first-order valence-electron chi connectivity index (χ1n) is 10.6. The van der Waals surface area contributed by atoms with Crippen LogP contribution in [0.4, 0.5) is 4.79 Å². The van der Waals surface area contributed by atoms with Gasteiger partial charge in [0.2, 0.25) is 0 Å². The Balaban J connectivity index is 1.50. The summed E-state index contributed by atoms with van der Waals surface area (Å²) in [4.78, 5) is 27.5. The second kappa shape index (κ2) is 8.93. The molecule has 1 aliphatic rings. The van der Waals surface area contributed by atoms with Gasteiger partial charge in [-0.15, -0.1) is 0 Å². The smallest absolute Gasteiger partial charge is 0.293 e. The molecule has 2 heterocycles. The third kappa shape index (κ3) is 4.22. The van der Waals surface area contributed by atoms with Gasteiger partial charge in [-0.2, -0.15) is 0 Å². The number of nitrogens with zero attached hydrogens (tertiary/aromatic N) is 2. The Morgan fingerprint density at radius 2 is 1.52 bits per heavy atom. The highest BCUT2D eigenvalue weighted by Crippen LogP contribution is 2.36. The second-order valence-corrected chi connectivity index (χ2v) is 9.41. The number of hydrogen-bond acceptors (Lipinski definition) is 3. The predicted octanol–water partition coefficient (Wildman–Crippen LogP) is 6.89. The summed E-state index contributed by atoms with van der Waals surface area (Å²) in [6, 6.07) is 25.7. The third-order valence-corrected chi connectivity index (χ3v) is 7.03. The van der Waals surface area contributed by atoms with Gasteiger partial charge in [-0.3, -0.25) is 14.5 Å². The third-order valence-electron chi connectivity index (χ3n) is 5.87. The van der Waals surface area contributed by atoms with Gasteiger partial charge in [0.25, 0.3) is 11.1 Å². The number of benzene rings is 3. The standard InChI is InChI=1S/C27H21ClN2O2S/c1-18-23(22-9-5-6-10-24(22)29(18)16-19-7-3-2-4-8-19)15-25-26(31)30(27(32)33-25)17-20-11-13-21(28)14-12-20/h2-15H,16-17H2,1H3/b25-15-. The molecule has 3 aromatic carbocycles. The van der Waals surface area contributed by atoms with Crippen molar-refractivity contribution < 1.29 is 9.59 Å². The van der Waals surface area contributed by atoms with Crippen LogP contribution in [-0.2, 0) is 17.9 Å². The molecule has 0 spiro atoms. The molecule has 1 aliphatic heterocycles. The van der Waals surface area contributed by atoms with Gasteiger partial charge in [-0.1, -0.05) is 72.3 Å². The summed E-state index contributed by atoms with van der Waals surface area (Å²) in [6.45, 7) is 3.03. The van der Waals surface area contributed by atoms with Gasteiger partial charge in [0.15, 0.2) is 0 Å². The maximum atomic E-state index is 13.1. The number of carbonyl (C=O) groups excluding carboxylic acids is 2. The Labute approximate surface area is 201 Å². The lowest BCUT2D eigenvalue weighted by molar-refractivity contribution is -0.123. The average Bonchev–Trinajstić information content (AvgIpc) is 3.24. The van der Waals surface area contributed by atoms with Crippen molar-refractivity contribution in [3.05, 3.63) is 111 Å². The Morgan fingerprint density at radius 1 is 0.848 bits per heavy atom. The van der Waals surface area contributed by atoms with E-state index in [2.05, 4.69) is 35.8 Å². The summed E-state index contributed by atoms with van der Waals surface area (Å²) in [5.74, 6) is -0.265. The maximum absolute atomic E-state index is 13.1. The monoisotopic (exact) mass is 472 g/mol. The van der Waals surface area contributed by atoms with Gasteiger partial charge in [-0.25, -0.2) is 0 Å². The number of amides is 2. The molecule has 2 amide bonds. The fourth-order valence-corrected chi connectivity index (χ4v) is 5.10. The minimum absolute atomic E-state index is 0.230. The molecule has 5 rings (SSSR count). The van der Waals surface area contributed by atoms with Crippen molar-refractivity contribution in [2.45, 2.75) is 20.0 Å². The molecule has 1 saturated heterocycles. The molecule has 1 aromatic heterocycles. The molecule has 1 fully saturated rings. The summed E-state index contributed by atoms with van der Waals surface area (Å²) in [5, 5.41) is 1.43. The summed E-state index contributed by atoms with van der Waals surface area (Å²) in [7, 11) is 0. The van der Waals surface area contributed by atoms with E-state index in [1.807, 2.05) is 48.5 Å². The van der Waals surface area contributed by atoms with E-state index in [1.165, 1.54) is 10.5 Å². The van der Waals surface area contributed by atoms with Gasteiger partial charge in [0.05, 0.1) is 11.4 Å². The molecule has 0 atom stereocenters. The number of thioether (sulfide) groups is 1. The lowest BCUT2D eigenvalue weighted by Crippen LogP contribution is -2.27. The average molecular weight is 473 g/mol. The van der Waals surface area contributed by atoms with Gasteiger partial charge >= 0.3 is 0 Å². The van der Waals surface area contributed by atoms with E-state index in [4.69, 9.17) is 11.6 Å². The summed E-state index contributed by atoms with van der Waals surface area (Å²) in [5.41, 5.74) is 5.20. The molecular formula is C27H21ClN2O2S. The molecule has 0 bridgehead atoms. The first-order chi connectivity index (χ1) is 16.0. The van der Waals surface area contributed by atoms with Crippen LogP contribution in [0.5, 0.6) is 0 Å². The van der Waals surface area contributed by atoms with E-state index in [0.717, 1.165) is 46.0 Å². The number of fused-ring (bicyclic) bond motifs is 1. The van der Waals surface area contributed by atoms with Gasteiger partial charge in [-0.05, 0) is 54.1 Å². The van der Waals surface area contributed by atoms with E-state index in [0.29, 0.717) is 9.93 Å². The Morgan fingerprint density at radius 3 is 2.27 bits per heavy atom. The van der Waals surface area contributed by atoms with Gasteiger partial charge in [0, 0.05) is 33.7 Å². The number of carbonyl (C=O) groups is 2. The van der Waals surface area contributed by atoms with Crippen LogP contribution in [0.1, 0.15) is 22.4 Å². The zero-order valence-corrected chi connectivity index (χ0v) is 19.6. The Bertz CT molecular complexity index is 1390. The van der Waals surface area contributed by atoms with Crippen molar-refractivity contribution in [1.82, 2.24) is 9.47 Å². The van der Waals surface area contributed by atoms with Crippen molar-refractivity contribution in [2.24, 2.45) is 0 Å². The molecule has 164 valence electrons. The van der Waals surface area contributed by atoms with Crippen LogP contribution >= 0.6 is 23.4 Å². The van der Waals surface area contributed by atoms with Crippen molar-refractivity contribution >= 4 is 51.5 Å². The van der Waals surface area contributed by atoms with Gasteiger partial charge < -0.3 is 4.57 Å². The van der Waals surface area contributed by atoms with Crippen molar-refractivity contribution in [3.63, 3.8) is 0 Å².